The van der Waals surface area contributed by atoms with Crippen molar-refractivity contribution in [1.82, 2.24) is 5.32 Å². The van der Waals surface area contributed by atoms with Crippen LogP contribution in [0.3, 0.4) is 0 Å². The number of nitrogens with two attached hydrogens (primary N) is 1. The molecule has 5 nitrogen and oxygen atoms in total. The molecule has 4 N–H and O–H groups in total. The van der Waals surface area contributed by atoms with E-state index in [0.717, 1.165) is 10.9 Å². The van der Waals surface area contributed by atoms with E-state index in [4.69, 9.17) is 10.5 Å². The summed E-state index contributed by atoms with van der Waals surface area (Å²) in [7, 11) is 0. The van der Waals surface area contributed by atoms with Crippen LogP contribution >= 0.6 is 15.9 Å². The maximum Gasteiger partial charge on any atom is 0.319 e. The lowest BCUT2D eigenvalue weighted by Gasteiger charge is -2.13. The molecule has 17 heavy (non-hydrogen) atoms. The fourth-order valence-electron chi connectivity index (χ4n) is 1.63. The summed E-state index contributed by atoms with van der Waals surface area (Å²) < 4.78 is 5.98. The van der Waals surface area contributed by atoms with E-state index in [1.165, 1.54) is 0 Å². The zero-order chi connectivity index (χ0) is 12.3. The highest BCUT2D eigenvalue weighted by molar-refractivity contribution is 9.10. The van der Waals surface area contributed by atoms with E-state index in [-0.39, 0.29) is 12.1 Å². The second kappa shape index (κ2) is 5.37. The summed E-state index contributed by atoms with van der Waals surface area (Å²) in [5, 5.41) is 5.58. The molecule has 92 valence electrons. The van der Waals surface area contributed by atoms with E-state index in [1.54, 1.807) is 18.2 Å². The number of nitrogen functional groups attached to an aromatic ring is 1. The second-order valence-electron chi connectivity index (χ2n) is 3.90. The quantitative estimate of drug-likeness (QED) is 0.731. The van der Waals surface area contributed by atoms with Crippen LogP contribution in [-0.2, 0) is 4.74 Å². The molecule has 1 aliphatic heterocycles. The van der Waals surface area contributed by atoms with Crippen molar-refractivity contribution in [2.24, 2.45) is 0 Å². The van der Waals surface area contributed by atoms with Gasteiger partial charge in [-0.25, -0.2) is 4.79 Å². The molecule has 0 radical (unpaired) electrons. The molecule has 1 aliphatic rings. The summed E-state index contributed by atoms with van der Waals surface area (Å²) in [6.07, 6.45) is 0.853. The molecule has 6 heteroatoms. The normalized spacial score (nSPS) is 19.0. The molecule has 1 aromatic rings. The van der Waals surface area contributed by atoms with Crippen LogP contribution in [-0.4, -0.2) is 25.3 Å². The Balaban J connectivity index is 1.95. The smallest absolute Gasteiger partial charge is 0.319 e. The molecule has 1 heterocycles. The number of carbonyl (C=O) groups excluding carboxylic acids is 1. The monoisotopic (exact) mass is 299 g/mol. The zero-order valence-electron chi connectivity index (χ0n) is 9.20. The van der Waals surface area contributed by atoms with E-state index in [1.807, 2.05) is 0 Å². The fraction of sp³-hybridized carbons (Fsp3) is 0.364. The minimum absolute atomic E-state index is 0.0924. The zero-order valence-corrected chi connectivity index (χ0v) is 10.8. The Morgan fingerprint density at radius 1 is 1.53 bits per heavy atom. The highest BCUT2D eigenvalue weighted by Gasteiger charge is 2.17. The van der Waals surface area contributed by atoms with Crippen LogP contribution in [0.15, 0.2) is 22.7 Å². The Morgan fingerprint density at radius 2 is 2.35 bits per heavy atom. The summed E-state index contributed by atoms with van der Waals surface area (Å²) in [6.45, 7) is 1.28. The van der Waals surface area contributed by atoms with Crippen LogP contribution in [0.2, 0.25) is 0 Å². The number of nitrogens with one attached hydrogen (secondary N) is 2. The standard InChI is InChI=1S/C11H14BrN3O2/c12-9-2-1-7(13)5-10(9)15-11(16)14-8-3-4-17-6-8/h1-2,5,8H,3-4,6,13H2,(H2,14,15,16). The molecule has 0 bridgehead atoms. The molecule has 1 saturated heterocycles. The number of ether oxygens (including phenoxy) is 1. The van der Waals surface area contributed by atoms with E-state index < -0.39 is 0 Å². The maximum absolute atomic E-state index is 11.7. The van der Waals surface area contributed by atoms with Crippen LogP contribution < -0.4 is 16.4 Å². The first-order valence-corrected chi connectivity index (χ1v) is 6.15. The van der Waals surface area contributed by atoms with Crippen molar-refractivity contribution in [3.05, 3.63) is 22.7 Å². The number of urea groups is 1. The lowest BCUT2D eigenvalue weighted by Crippen LogP contribution is -2.38. The SMILES string of the molecule is Nc1ccc(Br)c(NC(=O)NC2CCOC2)c1. The summed E-state index contributed by atoms with van der Waals surface area (Å²) in [5.41, 5.74) is 6.91. The average molecular weight is 300 g/mol. The fourth-order valence-corrected chi connectivity index (χ4v) is 1.98. The van der Waals surface area contributed by atoms with Gasteiger partial charge in [0.05, 0.1) is 18.3 Å². The van der Waals surface area contributed by atoms with Gasteiger partial charge >= 0.3 is 6.03 Å². The molecule has 1 aromatic carbocycles. The van der Waals surface area contributed by atoms with Crippen molar-refractivity contribution >= 4 is 33.3 Å². The van der Waals surface area contributed by atoms with Gasteiger partial charge in [0.2, 0.25) is 0 Å². The van der Waals surface area contributed by atoms with E-state index in [2.05, 4.69) is 26.6 Å². The largest absolute Gasteiger partial charge is 0.399 e. The first-order chi connectivity index (χ1) is 8.15. The van der Waals surface area contributed by atoms with Gasteiger partial charge in [-0.15, -0.1) is 0 Å². The summed E-state index contributed by atoms with van der Waals surface area (Å²) >= 11 is 3.35. The Kier molecular flexibility index (Phi) is 3.86. The van der Waals surface area contributed by atoms with Crippen molar-refractivity contribution in [2.75, 3.05) is 24.3 Å². The van der Waals surface area contributed by atoms with Crippen LogP contribution in [0.1, 0.15) is 6.42 Å². The lowest BCUT2D eigenvalue weighted by atomic mass is 10.2. The molecule has 0 aromatic heterocycles. The molecule has 1 fully saturated rings. The number of hydrogen-bond donors (Lipinski definition) is 3. The van der Waals surface area contributed by atoms with Crippen LogP contribution in [0.4, 0.5) is 16.2 Å². The predicted molar refractivity (Wildman–Crippen MR) is 69.9 cm³/mol. The third-order valence-corrected chi connectivity index (χ3v) is 3.20. The Bertz CT molecular complexity index is 419. The van der Waals surface area contributed by atoms with Gasteiger partial charge in [0.1, 0.15) is 0 Å². The van der Waals surface area contributed by atoms with Crippen molar-refractivity contribution < 1.29 is 9.53 Å². The first-order valence-electron chi connectivity index (χ1n) is 5.35. The number of rotatable bonds is 2. The number of amides is 2. The maximum atomic E-state index is 11.7. The van der Waals surface area contributed by atoms with Gasteiger partial charge in [0.15, 0.2) is 0 Å². The van der Waals surface area contributed by atoms with E-state index in [9.17, 15) is 4.79 Å². The molecule has 2 rings (SSSR count). The first kappa shape index (κ1) is 12.2. The number of anilines is 2. The van der Waals surface area contributed by atoms with Gasteiger partial charge in [0, 0.05) is 16.8 Å². The van der Waals surface area contributed by atoms with Crippen molar-refractivity contribution in [1.29, 1.82) is 0 Å². The molecule has 1 unspecified atom stereocenters. The van der Waals surface area contributed by atoms with Gasteiger partial charge in [-0.05, 0) is 40.5 Å². The number of carbonyl (C=O) groups is 1. The van der Waals surface area contributed by atoms with Gasteiger partial charge < -0.3 is 21.1 Å². The topological polar surface area (TPSA) is 76.4 Å². The molecule has 0 spiro atoms. The van der Waals surface area contributed by atoms with Crippen LogP contribution in [0.5, 0.6) is 0 Å². The molecule has 1 atom stereocenters. The molecule has 0 aliphatic carbocycles. The van der Waals surface area contributed by atoms with Crippen molar-refractivity contribution in [3.63, 3.8) is 0 Å². The molecule has 0 saturated carbocycles. The van der Waals surface area contributed by atoms with E-state index in [0.29, 0.717) is 24.6 Å². The summed E-state index contributed by atoms with van der Waals surface area (Å²) in [5.74, 6) is 0. The van der Waals surface area contributed by atoms with E-state index >= 15 is 0 Å². The van der Waals surface area contributed by atoms with Crippen molar-refractivity contribution in [2.45, 2.75) is 12.5 Å². The third-order valence-electron chi connectivity index (χ3n) is 2.50. The number of halogens is 1. The van der Waals surface area contributed by atoms with Gasteiger partial charge in [0.25, 0.3) is 0 Å². The third kappa shape index (κ3) is 3.34. The average Bonchev–Trinajstić information content (AvgIpc) is 2.76. The summed E-state index contributed by atoms with van der Waals surface area (Å²) in [6, 6.07) is 5.11. The second-order valence-corrected chi connectivity index (χ2v) is 4.75. The van der Waals surface area contributed by atoms with Crippen LogP contribution in [0.25, 0.3) is 0 Å². The lowest BCUT2D eigenvalue weighted by molar-refractivity contribution is 0.189. The number of hydrogen-bond acceptors (Lipinski definition) is 3. The highest BCUT2D eigenvalue weighted by Crippen LogP contribution is 2.24. The Hall–Kier alpha value is -1.27. The predicted octanol–water partition coefficient (Wildman–Crippen LogP) is 1.94. The van der Waals surface area contributed by atoms with Crippen LogP contribution in [0, 0.1) is 0 Å². The van der Waals surface area contributed by atoms with Gasteiger partial charge in [-0.1, -0.05) is 0 Å². The minimum atomic E-state index is -0.244. The summed E-state index contributed by atoms with van der Waals surface area (Å²) in [4.78, 5) is 11.7. The molecule has 2 amide bonds. The minimum Gasteiger partial charge on any atom is -0.399 e. The van der Waals surface area contributed by atoms with Gasteiger partial charge in [-0.3, -0.25) is 0 Å². The van der Waals surface area contributed by atoms with Crippen molar-refractivity contribution in [3.8, 4) is 0 Å². The Labute approximate surface area is 108 Å². The highest BCUT2D eigenvalue weighted by atomic mass is 79.9. The van der Waals surface area contributed by atoms with Gasteiger partial charge in [-0.2, -0.15) is 0 Å². The Morgan fingerprint density at radius 3 is 3.06 bits per heavy atom. The molecular weight excluding hydrogens is 286 g/mol. The number of benzene rings is 1. The molecular formula is C11H14BrN3O2.